The molecule has 0 saturated carbocycles. The molecule has 6 nitrogen and oxygen atoms in total. The van der Waals surface area contributed by atoms with Crippen LogP contribution in [0.15, 0.2) is 36.4 Å². The maximum atomic E-state index is 12.2. The zero-order chi connectivity index (χ0) is 17.1. The fourth-order valence-electron chi connectivity index (χ4n) is 2.67. The molecule has 1 N–H and O–H groups in total. The second-order valence-electron chi connectivity index (χ2n) is 5.15. The Morgan fingerprint density at radius 1 is 1.08 bits per heavy atom. The first-order chi connectivity index (χ1) is 11.7. The number of carbonyl (C=O) groups excluding carboxylic acids is 1. The van der Waals surface area contributed by atoms with Crippen molar-refractivity contribution in [2.75, 3.05) is 26.1 Å². The number of ether oxygens (including phenoxy) is 4. The second-order valence-corrected chi connectivity index (χ2v) is 5.15. The van der Waals surface area contributed by atoms with Crippen molar-refractivity contribution >= 4 is 11.7 Å². The van der Waals surface area contributed by atoms with Gasteiger partial charge in [-0.15, -0.1) is 0 Å². The summed E-state index contributed by atoms with van der Waals surface area (Å²) >= 11 is 0. The number of fused-ring (bicyclic) bond motifs is 1. The third-order valence-corrected chi connectivity index (χ3v) is 3.75. The van der Waals surface area contributed by atoms with E-state index in [0.717, 1.165) is 11.4 Å². The lowest BCUT2D eigenvalue weighted by Gasteiger charge is -2.15. The van der Waals surface area contributed by atoms with Crippen LogP contribution in [0.25, 0.3) is 0 Å². The van der Waals surface area contributed by atoms with Gasteiger partial charge in [-0.2, -0.15) is 0 Å². The topological polar surface area (TPSA) is 66.0 Å². The van der Waals surface area contributed by atoms with Crippen LogP contribution in [0.5, 0.6) is 17.2 Å². The van der Waals surface area contributed by atoms with Crippen molar-refractivity contribution in [1.29, 1.82) is 0 Å². The van der Waals surface area contributed by atoms with Gasteiger partial charge in [-0.05, 0) is 43.3 Å². The lowest BCUT2D eigenvalue weighted by molar-refractivity contribution is 0.0435. The fraction of sp³-hybridized carbons (Fsp3) is 0.278. The van der Waals surface area contributed by atoms with Crippen LogP contribution < -0.4 is 19.5 Å². The van der Waals surface area contributed by atoms with Crippen molar-refractivity contribution in [3.63, 3.8) is 0 Å². The van der Waals surface area contributed by atoms with E-state index in [1.807, 2.05) is 31.2 Å². The van der Waals surface area contributed by atoms with Crippen LogP contribution in [-0.4, -0.2) is 26.8 Å². The first-order valence-electron chi connectivity index (χ1n) is 7.63. The number of cyclic esters (lactones) is 1. The van der Waals surface area contributed by atoms with Crippen molar-refractivity contribution < 1.29 is 23.7 Å². The van der Waals surface area contributed by atoms with E-state index >= 15 is 0 Å². The van der Waals surface area contributed by atoms with Crippen LogP contribution in [0.3, 0.4) is 0 Å². The van der Waals surface area contributed by atoms with E-state index in [1.165, 1.54) is 14.2 Å². The number of carbonyl (C=O) groups is 1. The van der Waals surface area contributed by atoms with E-state index < -0.39 is 12.2 Å². The minimum absolute atomic E-state index is 0.385. The molecule has 0 aromatic heterocycles. The van der Waals surface area contributed by atoms with Crippen LogP contribution in [0.4, 0.5) is 5.69 Å². The van der Waals surface area contributed by atoms with E-state index in [9.17, 15) is 4.79 Å². The first-order valence-corrected chi connectivity index (χ1v) is 7.63. The van der Waals surface area contributed by atoms with Gasteiger partial charge in [0.2, 0.25) is 6.23 Å². The highest BCUT2D eigenvalue weighted by Crippen LogP contribution is 2.42. The lowest BCUT2D eigenvalue weighted by atomic mass is 10.1. The number of hydrogen-bond acceptors (Lipinski definition) is 6. The molecule has 1 unspecified atom stereocenters. The number of anilines is 1. The molecule has 1 atom stereocenters. The highest BCUT2D eigenvalue weighted by molar-refractivity contribution is 5.98. The number of esters is 1. The molecular formula is C18H19NO5. The summed E-state index contributed by atoms with van der Waals surface area (Å²) in [5.41, 5.74) is 1.92. The van der Waals surface area contributed by atoms with E-state index in [4.69, 9.17) is 18.9 Å². The Kier molecular flexibility index (Phi) is 4.46. The monoisotopic (exact) mass is 329 g/mol. The summed E-state index contributed by atoms with van der Waals surface area (Å²) in [6.45, 7) is 2.55. The smallest absolute Gasteiger partial charge is 0.344 e. The summed E-state index contributed by atoms with van der Waals surface area (Å²) in [5, 5.41) is 3.19. The molecule has 0 amide bonds. The molecule has 1 aliphatic rings. The maximum Gasteiger partial charge on any atom is 0.344 e. The van der Waals surface area contributed by atoms with Crippen molar-refractivity contribution in [2.45, 2.75) is 13.2 Å². The average Bonchev–Trinajstić information content (AvgIpc) is 2.92. The molecule has 6 heteroatoms. The van der Waals surface area contributed by atoms with Crippen molar-refractivity contribution in [1.82, 2.24) is 0 Å². The molecule has 2 aromatic rings. The molecule has 0 fully saturated rings. The van der Waals surface area contributed by atoms with Crippen molar-refractivity contribution in [3.05, 3.63) is 47.5 Å². The standard InChI is InChI=1S/C18H19NO5/c1-4-23-12-7-5-11(6-8-12)19-17-13-9-10-14(21-2)16(22-3)15(13)18(20)24-17/h5-10,17,19H,4H2,1-3H3. The molecule has 0 bridgehead atoms. The summed E-state index contributed by atoms with van der Waals surface area (Å²) in [4.78, 5) is 12.2. The Morgan fingerprint density at radius 2 is 1.83 bits per heavy atom. The van der Waals surface area contributed by atoms with E-state index in [1.54, 1.807) is 12.1 Å². The third kappa shape index (κ3) is 2.82. The van der Waals surface area contributed by atoms with Gasteiger partial charge in [-0.25, -0.2) is 4.79 Å². The summed E-state index contributed by atoms with van der Waals surface area (Å²) < 4.78 is 21.4. The molecule has 0 spiro atoms. The van der Waals surface area contributed by atoms with Gasteiger partial charge in [0.15, 0.2) is 11.5 Å². The van der Waals surface area contributed by atoms with E-state index in [-0.39, 0.29) is 0 Å². The molecule has 3 rings (SSSR count). The average molecular weight is 329 g/mol. The van der Waals surface area contributed by atoms with E-state index in [0.29, 0.717) is 29.2 Å². The Hall–Kier alpha value is -2.89. The zero-order valence-electron chi connectivity index (χ0n) is 13.8. The van der Waals surface area contributed by atoms with Gasteiger partial charge in [0, 0.05) is 11.3 Å². The summed E-state index contributed by atoms with van der Waals surface area (Å²) in [6.07, 6.45) is -0.578. The number of hydrogen-bond donors (Lipinski definition) is 1. The highest BCUT2D eigenvalue weighted by Gasteiger charge is 2.35. The van der Waals surface area contributed by atoms with Gasteiger partial charge >= 0.3 is 5.97 Å². The summed E-state index contributed by atoms with van der Waals surface area (Å²) in [5.74, 6) is 1.23. The van der Waals surface area contributed by atoms with E-state index in [2.05, 4.69) is 5.32 Å². The van der Waals surface area contributed by atoms with Gasteiger partial charge in [0.25, 0.3) is 0 Å². The fourth-order valence-corrected chi connectivity index (χ4v) is 2.67. The highest BCUT2D eigenvalue weighted by atomic mass is 16.6. The van der Waals surface area contributed by atoms with Crippen LogP contribution in [-0.2, 0) is 4.74 Å². The van der Waals surface area contributed by atoms with Gasteiger partial charge in [0.1, 0.15) is 11.3 Å². The predicted molar refractivity (Wildman–Crippen MR) is 88.9 cm³/mol. The van der Waals surface area contributed by atoms with Crippen molar-refractivity contribution in [3.8, 4) is 17.2 Å². The number of nitrogens with one attached hydrogen (secondary N) is 1. The largest absolute Gasteiger partial charge is 0.494 e. The summed E-state index contributed by atoms with van der Waals surface area (Å²) in [7, 11) is 3.03. The molecule has 0 radical (unpaired) electrons. The van der Waals surface area contributed by atoms with Crippen LogP contribution in [0, 0.1) is 0 Å². The predicted octanol–water partition coefficient (Wildman–Crippen LogP) is 3.38. The molecule has 1 aliphatic heterocycles. The Labute approximate surface area is 140 Å². The Bertz CT molecular complexity index is 742. The molecule has 1 heterocycles. The molecule has 126 valence electrons. The Balaban J connectivity index is 1.87. The molecule has 24 heavy (non-hydrogen) atoms. The molecule has 0 saturated heterocycles. The third-order valence-electron chi connectivity index (χ3n) is 3.75. The Morgan fingerprint density at radius 3 is 2.46 bits per heavy atom. The number of methoxy groups -OCH3 is 2. The van der Waals surface area contributed by atoms with Gasteiger partial charge in [-0.1, -0.05) is 0 Å². The minimum Gasteiger partial charge on any atom is -0.494 e. The quantitative estimate of drug-likeness (QED) is 0.820. The lowest BCUT2D eigenvalue weighted by Crippen LogP contribution is -2.10. The van der Waals surface area contributed by atoms with Crippen LogP contribution in [0.1, 0.15) is 29.1 Å². The van der Waals surface area contributed by atoms with Gasteiger partial charge in [0.05, 0.1) is 20.8 Å². The van der Waals surface area contributed by atoms with Gasteiger partial charge < -0.3 is 24.3 Å². The van der Waals surface area contributed by atoms with Gasteiger partial charge in [-0.3, -0.25) is 0 Å². The maximum absolute atomic E-state index is 12.2. The normalized spacial score (nSPS) is 15.5. The molecule has 0 aliphatic carbocycles. The van der Waals surface area contributed by atoms with Crippen molar-refractivity contribution in [2.24, 2.45) is 0 Å². The molecule has 2 aromatic carbocycles. The summed E-state index contributed by atoms with van der Waals surface area (Å²) in [6, 6.07) is 11.0. The number of benzene rings is 2. The van der Waals surface area contributed by atoms with Crippen LogP contribution >= 0.6 is 0 Å². The zero-order valence-corrected chi connectivity index (χ0v) is 13.8. The van der Waals surface area contributed by atoms with Crippen LogP contribution in [0.2, 0.25) is 0 Å². The first kappa shape index (κ1) is 16.0. The SMILES string of the molecule is CCOc1ccc(NC2OC(=O)c3c2ccc(OC)c3OC)cc1. The molecular weight excluding hydrogens is 310 g/mol. The minimum atomic E-state index is -0.578. The second kappa shape index (κ2) is 6.70. The number of rotatable bonds is 6.